The maximum Gasteiger partial charge on any atom is 0.235 e. The standard InChI is InChI=1S/C25H25N7O2S/c1-16-17(2)31(14-18-9-5-4-6-10-18)23(20(16)13-26)28-22(33)15-35-25-30-29-24(32(25)27)19-11-7-8-12-21(19)34-3/h4-12H,14-15,27H2,1-3H3,(H,28,33). The molecule has 0 spiro atoms. The number of nitriles is 1. The second-order valence-electron chi connectivity index (χ2n) is 7.83. The van der Waals surface area contributed by atoms with Gasteiger partial charge < -0.3 is 20.5 Å². The maximum absolute atomic E-state index is 12.9. The number of carbonyl (C=O) groups excluding carboxylic acids is 1. The summed E-state index contributed by atoms with van der Waals surface area (Å²) in [6, 6.07) is 19.5. The minimum absolute atomic E-state index is 0.0424. The molecule has 0 atom stereocenters. The highest BCUT2D eigenvalue weighted by atomic mass is 32.2. The van der Waals surface area contributed by atoms with E-state index < -0.39 is 0 Å². The molecule has 2 aromatic carbocycles. The number of hydrogen-bond donors (Lipinski definition) is 2. The summed E-state index contributed by atoms with van der Waals surface area (Å²) in [6.45, 7) is 4.37. The highest BCUT2D eigenvalue weighted by Crippen LogP contribution is 2.30. The number of nitrogens with one attached hydrogen (secondary N) is 1. The normalized spacial score (nSPS) is 10.7. The van der Waals surface area contributed by atoms with Crippen molar-refractivity contribution < 1.29 is 9.53 Å². The summed E-state index contributed by atoms with van der Waals surface area (Å²) in [4.78, 5) is 12.9. The van der Waals surface area contributed by atoms with Crippen LogP contribution < -0.4 is 15.9 Å². The third-order valence-corrected chi connectivity index (χ3v) is 6.67. The van der Waals surface area contributed by atoms with Gasteiger partial charge in [-0.15, -0.1) is 10.2 Å². The third kappa shape index (κ3) is 4.85. The van der Waals surface area contributed by atoms with E-state index in [0.29, 0.717) is 40.2 Å². The minimum atomic E-state index is -0.278. The van der Waals surface area contributed by atoms with Crippen LogP contribution in [0.3, 0.4) is 0 Å². The van der Waals surface area contributed by atoms with Gasteiger partial charge in [-0.25, -0.2) is 4.68 Å². The van der Waals surface area contributed by atoms with E-state index >= 15 is 0 Å². The van der Waals surface area contributed by atoms with Crippen molar-refractivity contribution in [2.45, 2.75) is 25.5 Å². The number of carbonyl (C=O) groups is 1. The quantitative estimate of drug-likeness (QED) is 0.287. The first-order valence-electron chi connectivity index (χ1n) is 10.8. The molecule has 0 saturated heterocycles. The molecular formula is C25H25N7O2S. The zero-order valence-electron chi connectivity index (χ0n) is 19.6. The first kappa shape index (κ1) is 23.9. The van der Waals surface area contributed by atoms with E-state index in [4.69, 9.17) is 10.6 Å². The monoisotopic (exact) mass is 487 g/mol. The molecule has 0 bridgehead atoms. The molecule has 1 amide bonds. The number of nitrogens with two attached hydrogens (primary N) is 1. The zero-order chi connectivity index (χ0) is 24.9. The fourth-order valence-electron chi connectivity index (χ4n) is 3.78. The van der Waals surface area contributed by atoms with Crippen LogP contribution in [0.4, 0.5) is 5.82 Å². The van der Waals surface area contributed by atoms with Crippen LogP contribution in [0.15, 0.2) is 59.8 Å². The van der Waals surface area contributed by atoms with Crippen molar-refractivity contribution >= 4 is 23.5 Å². The van der Waals surface area contributed by atoms with E-state index in [0.717, 1.165) is 28.6 Å². The van der Waals surface area contributed by atoms with Crippen LogP contribution in [0, 0.1) is 25.2 Å². The number of benzene rings is 2. The Hall–Kier alpha value is -4.23. The predicted molar refractivity (Wildman–Crippen MR) is 136 cm³/mol. The lowest BCUT2D eigenvalue weighted by Crippen LogP contribution is -2.19. The molecule has 3 N–H and O–H groups in total. The van der Waals surface area contributed by atoms with Crippen molar-refractivity contribution in [2.24, 2.45) is 0 Å². The molecule has 10 heteroatoms. The first-order valence-corrected chi connectivity index (χ1v) is 11.8. The van der Waals surface area contributed by atoms with Gasteiger partial charge in [-0.2, -0.15) is 5.26 Å². The number of methoxy groups -OCH3 is 1. The molecule has 0 fully saturated rings. The molecule has 2 heterocycles. The minimum Gasteiger partial charge on any atom is -0.496 e. The Morgan fingerprint density at radius 1 is 1.14 bits per heavy atom. The van der Waals surface area contributed by atoms with Gasteiger partial charge in [0.1, 0.15) is 17.6 Å². The molecule has 4 aromatic rings. The molecule has 2 aromatic heterocycles. The molecule has 0 aliphatic heterocycles. The molecule has 0 aliphatic rings. The third-order valence-electron chi connectivity index (χ3n) is 5.73. The smallest absolute Gasteiger partial charge is 0.235 e. The number of hydrogen-bond acceptors (Lipinski definition) is 7. The van der Waals surface area contributed by atoms with E-state index in [1.54, 1.807) is 7.11 Å². The van der Waals surface area contributed by atoms with Crippen LogP contribution in [0.2, 0.25) is 0 Å². The van der Waals surface area contributed by atoms with Crippen LogP contribution in [0.25, 0.3) is 11.4 Å². The lowest BCUT2D eigenvalue weighted by atomic mass is 10.2. The molecule has 0 unspecified atom stereocenters. The van der Waals surface area contributed by atoms with Crippen LogP contribution in [-0.2, 0) is 11.3 Å². The van der Waals surface area contributed by atoms with E-state index in [2.05, 4.69) is 21.6 Å². The second-order valence-corrected chi connectivity index (χ2v) is 8.77. The number of thioether (sulfide) groups is 1. The van der Waals surface area contributed by atoms with Gasteiger partial charge in [0.15, 0.2) is 5.82 Å². The summed E-state index contributed by atoms with van der Waals surface area (Å²) in [5.41, 5.74) is 3.99. The molecule has 9 nitrogen and oxygen atoms in total. The molecule has 0 radical (unpaired) electrons. The summed E-state index contributed by atoms with van der Waals surface area (Å²) in [5, 5.41) is 21.3. The fourth-order valence-corrected chi connectivity index (χ4v) is 4.44. The summed E-state index contributed by atoms with van der Waals surface area (Å²) < 4.78 is 8.67. The number of aromatic nitrogens is 4. The zero-order valence-corrected chi connectivity index (χ0v) is 20.5. The van der Waals surface area contributed by atoms with Gasteiger partial charge in [0, 0.05) is 12.2 Å². The number of para-hydroxylation sites is 1. The number of nitrogens with zero attached hydrogens (tertiary/aromatic N) is 5. The van der Waals surface area contributed by atoms with E-state index in [9.17, 15) is 10.1 Å². The Balaban J connectivity index is 1.52. The van der Waals surface area contributed by atoms with Gasteiger partial charge in [0.05, 0.1) is 24.0 Å². The summed E-state index contributed by atoms with van der Waals surface area (Å²) >= 11 is 1.16. The molecule has 178 valence electrons. The number of amides is 1. The van der Waals surface area contributed by atoms with Gasteiger partial charge in [0.2, 0.25) is 11.1 Å². The number of nitrogen functional groups attached to an aromatic ring is 1. The number of rotatable bonds is 8. The van der Waals surface area contributed by atoms with Crippen molar-refractivity contribution in [2.75, 3.05) is 24.0 Å². The maximum atomic E-state index is 12.9. The van der Waals surface area contributed by atoms with Crippen molar-refractivity contribution in [1.82, 2.24) is 19.4 Å². The lowest BCUT2D eigenvalue weighted by Gasteiger charge is -2.13. The highest BCUT2D eigenvalue weighted by molar-refractivity contribution is 7.99. The Bertz CT molecular complexity index is 1400. The summed E-state index contributed by atoms with van der Waals surface area (Å²) in [5.74, 6) is 7.52. The van der Waals surface area contributed by atoms with Crippen molar-refractivity contribution in [3.05, 3.63) is 77.0 Å². The Morgan fingerprint density at radius 2 is 1.86 bits per heavy atom. The Kier molecular flexibility index (Phi) is 7.08. The predicted octanol–water partition coefficient (Wildman–Crippen LogP) is 3.74. The summed E-state index contributed by atoms with van der Waals surface area (Å²) in [6.07, 6.45) is 0. The van der Waals surface area contributed by atoms with Crippen molar-refractivity contribution in [3.63, 3.8) is 0 Å². The van der Waals surface area contributed by atoms with Crippen LogP contribution in [0.5, 0.6) is 5.75 Å². The van der Waals surface area contributed by atoms with Crippen LogP contribution in [-0.4, -0.2) is 38.2 Å². The topological polar surface area (TPSA) is 124 Å². The second kappa shape index (κ2) is 10.4. The first-order chi connectivity index (χ1) is 16.9. The van der Waals surface area contributed by atoms with Gasteiger partial charge in [-0.05, 0) is 37.1 Å². The van der Waals surface area contributed by atoms with E-state index in [-0.39, 0.29) is 11.7 Å². The molecule has 0 saturated carbocycles. The van der Waals surface area contributed by atoms with Crippen LogP contribution in [0.1, 0.15) is 22.4 Å². The highest BCUT2D eigenvalue weighted by Gasteiger charge is 2.21. The lowest BCUT2D eigenvalue weighted by molar-refractivity contribution is -0.113. The molecule has 4 rings (SSSR count). The van der Waals surface area contributed by atoms with Crippen molar-refractivity contribution in [1.29, 1.82) is 5.26 Å². The average Bonchev–Trinajstić information content (AvgIpc) is 3.35. The molecule has 35 heavy (non-hydrogen) atoms. The largest absolute Gasteiger partial charge is 0.496 e. The number of ether oxygens (including phenoxy) is 1. The SMILES string of the molecule is COc1ccccc1-c1nnc(SCC(=O)Nc2c(C#N)c(C)c(C)n2Cc2ccccc2)n1N. The van der Waals surface area contributed by atoms with Gasteiger partial charge in [-0.1, -0.05) is 54.2 Å². The average molecular weight is 488 g/mol. The van der Waals surface area contributed by atoms with Gasteiger partial charge >= 0.3 is 0 Å². The molecular weight excluding hydrogens is 462 g/mol. The van der Waals surface area contributed by atoms with Gasteiger partial charge in [0.25, 0.3) is 0 Å². The summed E-state index contributed by atoms with van der Waals surface area (Å²) in [7, 11) is 1.57. The van der Waals surface area contributed by atoms with E-state index in [1.165, 1.54) is 4.68 Å². The van der Waals surface area contributed by atoms with Gasteiger partial charge in [-0.3, -0.25) is 4.79 Å². The van der Waals surface area contributed by atoms with Crippen LogP contribution >= 0.6 is 11.8 Å². The fraction of sp³-hybridized carbons (Fsp3) is 0.200. The molecule has 0 aliphatic carbocycles. The van der Waals surface area contributed by atoms with Crippen molar-refractivity contribution in [3.8, 4) is 23.2 Å². The van der Waals surface area contributed by atoms with E-state index in [1.807, 2.05) is 73.0 Å². The Labute approximate surface area is 207 Å². The Morgan fingerprint density at radius 3 is 2.57 bits per heavy atom. The number of anilines is 1.